The lowest BCUT2D eigenvalue weighted by Gasteiger charge is -2.20. The zero-order valence-corrected chi connectivity index (χ0v) is 17.6. The van der Waals surface area contributed by atoms with E-state index in [-0.39, 0.29) is 0 Å². The summed E-state index contributed by atoms with van der Waals surface area (Å²) >= 11 is 0. The fraction of sp³-hybridized carbons (Fsp3) is 0.269. The maximum absolute atomic E-state index is 9.53. The molecule has 1 aliphatic rings. The Morgan fingerprint density at radius 2 is 1.84 bits per heavy atom. The van der Waals surface area contributed by atoms with E-state index in [1.165, 1.54) is 17.5 Å². The molecule has 0 radical (unpaired) electrons. The van der Waals surface area contributed by atoms with Gasteiger partial charge >= 0.3 is 0 Å². The van der Waals surface area contributed by atoms with Gasteiger partial charge < -0.3 is 4.74 Å². The van der Waals surface area contributed by atoms with E-state index in [0.717, 1.165) is 54.4 Å². The molecule has 5 heteroatoms. The predicted octanol–water partition coefficient (Wildman–Crippen LogP) is 4.96. The van der Waals surface area contributed by atoms with Gasteiger partial charge in [-0.25, -0.2) is 14.5 Å². The molecule has 31 heavy (non-hydrogen) atoms. The highest BCUT2D eigenvalue weighted by Crippen LogP contribution is 2.32. The first-order chi connectivity index (χ1) is 15.3. The fourth-order valence-corrected chi connectivity index (χ4v) is 4.53. The van der Waals surface area contributed by atoms with Crippen molar-refractivity contribution in [2.45, 2.75) is 38.5 Å². The zero-order valence-electron chi connectivity index (χ0n) is 17.6. The highest BCUT2D eigenvalue weighted by atomic mass is 16.5. The monoisotopic (exact) mass is 408 g/mol. The fourth-order valence-electron chi connectivity index (χ4n) is 4.53. The third-order valence-electron chi connectivity index (χ3n) is 6.09. The molecule has 2 aromatic heterocycles. The molecule has 0 bridgehead atoms. The molecule has 5 nitrogen and oxygen atoms in total. The molecule has 0 spiro atoms. The van der Waals surface area contributed by atoms with E-state index in [0.29, 0.717) is 17.4 Å². The van der Waals surface area contributed by atoms with E-state index in [2.05, 4.69) is 30.3 Å². The number of aromatic nitrogens is 3. The van der Waals surface area contributed by atoms with Gasteiger partial charge in [0.1, 0.15) is 0 Å². The molecule has 0 aliphatic heterocycles. The number of ether oxygens (including phenoxy) is 1. The molecule has 0 unspecified atom stereocenters. The van der Waals surface area contributed by atoms with Gasteiger partial charge in [-0.1, -0.05) is 36.4 Å². The van der Waals surface area contributed by atoms with Crippen LogP contribution in [0.4, 0.5) is 0 Å². The highest BCUT2D eigenvalue weighted by Gasteiger charge is 2.21. The normalized spacial score (nSPS) is 13.0. The molecular formula is C26H24N4O. The molecule has 5 rings (SSSR count). The number of nitriles is 1. The molecular weight excluding hydrogens is 384 g/mol. The molecule has 2 aromatic carbocycles. The molecule has 0 saturated heterocycles. The van der Waals surface area contributed by atoms with Gasteiger partial charge in [-0.15, -0.1) is 0 Å². The summed E-state index contributed by atoms with van der Waals surface area (Å²) in [4.78, 5) is 10.0. The van der Waals surface area contributed by atoms with E-state index in [9.17, 15) is 5.26 Å². The third-order valence-corrected chi connectivity index (χ3v) is 6.09. The Kier molecular flexibility index (Phi) is 5.13. The van der Waals surface area contributed by atoms with Crippen molar-refractivity contribution >= 4 is 10.9 Å². The van der Waals surface area contributed by atoms with Crippen LogP contribution >= 0.6 is 0 Å². The quantitative estimate of drug-likeness (QED) is 0.468. The maximum Gasteiger partial charge on any atom is 0.237 e. The first kappa shape index (κ1) is 19.3. The van der Waals surface area contributed by atoms with Crippen LogP contribution in [0.2, 0.25) is 0 Å². The van der Waals surface area contributed by atoms with Gasteiger partial charge in [-0.2, -0.15) is 5.26 Å². The average molecular weight is 409 g/mol. The van der Waals surface area contributed by atoms with E-state index >= 15 is 0 Å². The summed E-state index contributed by atoms with van der Waals surface area (Å²) in [5.41, 5.74) is 6.43. The Morgan fingerprint density at radius 3 is 2.65 bits per heavy atom. The molecule has 0 saturated carbocycles. The predicted molar refractivity (Wildman–Crippen MR) is 121 cm³/mol. The highest BCUT2D eigenvalue weighted by molar-refractivity contribution is 5.89. The molecule has 0 atom stereocenters. The molecule has 2 heterocycles. The second-order valence-corrected chi connectivity index (χ2v) is 7.96. The van der Waals surface area contributed by atoms with Gasteiger partial charge in [0, 0.05) is 22.8 Å². The van der Waals surface area contributed by atoms with Crippen LogP contribution < -0.4 is 4.74 Å². The van der Waals surface area contributed by atoms with Gasteiger partial charge in [0.25, 0.3) is 0 Å². The minimum Gasteiger partial charge on any atom is -0.482 e. The first-order valence-electron chi connectivity index (χ1n) is 10.8. The lowest BCUT2D eigenvalue weighted by atomic mass is 9.92. The van der Waals surface area contributed by atoms with E-state index < -0.39 is 0 Å². The Hall–Kier alpha value is -3.65. The summed E-state index contributed by atoms with van der Waals surface area (Å²) in [6.45, 7) is 0. The minimum absolute atomic E-state index is 0.622. The van der Waals surface area contributed by atoms with Crippen LogP contribution in [0.3, 0.4) is 0 Å². The van der Waals surface area contributed by atoms with E-state index in [4.69, 9.17) is 14.7 Å². The SMILES string of the molecule is COc1cc2c(C#N)cccc2n1-c1nc2c(c(CCc3ccccc3)n1)CCCC2. The maximum atomic E-state index is 9.53. The summed E-state index contributed by atoms with van der Waals surface area (Å²) in [7, 11) is 1.64. The number of hydrogen-bond donors (Lipinski definition) is 0. The van der Waals surface area contributed by atoms with Crippen LogP contribution in [0.5, 0.6) is 5.88 Å². The van der Waals surface area contributed by atoms with Crippen LogP contribution in [0.1, 0.15) is 40.9 Å². The average Bonchev–Trinajstić information content (AvgIpc) is 3.22. The van der Waals surface area contributed by atoms with E-state index in [1.54, 1.807) is 7.11 Å². The Morgan fingerprint density at radius 1 is 1.00 bits per heavy atom. The second kappa shape index (κ2) is 8.23. The Labute approximate surface area is 182 Å². The van der Waals surface area contributed by atoms with Crippen molar-refractivity contribution in [1.82, 2.24) is 14.5 Å². The van der Waals surface area contributed by atoms with Crippen molar-refractivity contribution < 1.29 is 4.74 Å². The van der Waals surface area contributed by atoms with Gasteiger partial charge in [0.15, 0.2) is 0 Å². The van der Waals surface area contributed by atoms with Gasteiger partial charge in [0.2, 0.25) is 11.8 Å². The second-order valence-electron chi connectivity index (χ2n) is 7.96. The molecule has 0 fully saturated rings. The van der Waals surface area contributed by atoms with Crippen LogP contribution in [-0.2, 0) is 25.7 Å². The smallest absolute Gasteiger partial charge is 0.237 e. The third kappa shape index (κ3) is 3.55. The summed E-state index contributed by atoms with van der Waals surface area (Å²) < 4.78 is 7.61. The van der Waals surface area contributed by atoms with Crippen molar-refractivity contribution in [1.29, 1.82) is 5.26 Å². The van der Waals surface area contributed by atoms with Gasteiger partial charge in [-0.3, -0.25) is 0 Å². The Balaban J connectivity index is 1.64. The van der Waals surface area contributed by atoms with Crippen LogP contribution in [-0.4, -0.2) is 21.6 Å². The summed E-state index contributed by atoms with van der Waals surface area (Å²) in [6, 6.07) is 20.4. The summed E-state index contributed by atoms with van der Waals surface area (Å²) in [5.74, 6) is 1.27. The zero-order chi connectivity index (χ0) is 21.2. The van der Waals surface area contributed by atoms with Crippen LogP contribution in [0.25, 0.3) is 16.9 Å². The molecule has 1 aliphatic carbocycles. The van der Waals surface area contributed by atoms with Crippen LogP contribution in [0, 0.1) is 11.3 Å². The van der Waals surface area contributed by atoms with Crippen molar-refractivity contribution in [3.8, 4) is 17.9 Å². The van der Waals surface area contributed by atoms with Gasteiger partial charge in [-0.05, 0) is 61.8 Å². The first-order valence-corrected chi connectivity index (χ1v) is 10.8. The minimum atomic E-state index is 0.622. The number of nitrogens with zero attached hydrogens (tertiary/aromatic N) is 4. The van der Waals surface area contributed by atoms with Gasteiger partial charge in [0.05, 0.1) is 24.3 Å². The largest absolute Gasteiger partial charge is 0.482 e. The molecule has 4 aromatic rings. The van der Waals surface area contributed by atoms with Crippen molar-refractivity contribution in [3.63, 3.8) is 0 Å². The Bertz CT molecular complexity index is 1280. The summed E-state index contributed by atoms with van der Waals surface area (Å²) in [6.07, 6.45) is 6.20. The number of aryl methyl sites for hydroxylation is 3. The number of methoxy groups -OCH3 is 1. The molecule has 154 valence electrons. The standard InChI is InChI=1S/C26H24N4O/c1-31-25-16-21-19(17-27)10-7-13-24(21)30(25)26-28-22-12-6-5-11-20(22)23(29-26)15-14-18-8-3-2-4-9-18/h2-4,7-10,13,16H,5-6,11-12,14-15H2,1H3. The lowest BCUT2D eigenvalue weighted by Crippen LogP contribution is -2.16. The number of fused-ring (bicyclic) bond motifs is 2. The number of benzene rings is 2. The van der Waals surface area contributed by atoms with Crippen LogP contribution in [0.15, 0.2) is 54.6 Å². The topological polar surface area (TPSA) is 63.7 Å². The summed E-state index contributed by atoms with van der Waals surface area (Å²) in [5, 5.41) is 10.4. The van der Waals surface area contributed by atoms with Crippen molar-refractivity contribution in [2.24, 2.45) is 0 Å². The number of rotatable bonds is 5. The van der Waals surface area contributed by atoms with Crippen molar-refractivity contribution in [3.05, 3.63) is 82.7 Å². The van der Waals surface area contributed by atoms with Crippen molar-refractivity contribution in [2.75, 3.05) is 7.11 Å². The number of hydrogen-bond acceptors (Lipinski definition) is 4. The molecule has 0 amide bonds. The lowest BCUT2D eigenvalue weighted by molar-refractivity contribution is 0.389. The van der Waals surface area contributed by atoms with E-state index in [1.807, 2.05) is 34.9 Å². The molecule has 0 N–H and O–H groups in total.